The van der Waals surface area contributed by atoms with E-state index in [2.05, 4.69) is 32.0 Å². The zero-order valence-electron chi connectivity index (χ0n) is 13.7. The average Bonchev–Trinajstić information content (AvgIpc) is 3.11. The van der Waals surface area contributed by atoms with Gasteiger partial charge in [0, 0.05) is 47.9 Å². The smallest absolute Gasteiger partial charge is 0.224 e. The maximum Gasteiger partial charge on any atom is 0.224 e. The number of nitrogens with zero attached hydrogens (tertiary/aromatic N) is 2. The van der Waals surface area contributed by atoms with Crippen LogP contribution in [0.25, 0.3) is 11.3 Å². The number of carbonyl (C=O) groups excluding carboxylic acids is 1. The van der Waals surface area contributed by atoms with Gasteiger partial charge in [0.2, 0.25) is 5.91 Å². The van der Waals surface area contributed by atoms with E-state index in [1.807, 2.05) is 36.5 Å². The van der Waals surface area contributed by atoms with E-state index in [1.165, 1.54) is 5.56 Å². The second-order valence-corrected chi connectivity index (χ2v) is 6.81. The van der Waals surface area contributed by atoms with Crippen molar-refractivity contribution in [2.75, 3.05) is 17.2 Å². The SMILES string of the molecule is O=C1CCc2cc(-c3csc(NCCc4ccccn4)n3)ccc2N1. The summed E-state index contributed by atoms with van der Waals surface area (Å²) in [6, 6.07) is 12.1. The van der Waals surface area contributed by atoms with Crippen molar-refractivity contribution in [3.05, 3.63) is 59.2 Å². The van der Waals surface area contributed by atoms with E-state index in [0.717, 1.165) is 47.2 Å². The van der Waals surface area contributed by atoms with E-state index < -0.39 is 0 Å². The summed E-state index contributed by atoms with van der Waals surface area (Å²) in [6.45, 7) is 0.806. The van der Waals surface area contributed by atoms with Crippen LogP contribution in [0.5, 0.6) is 0 Å². The molecule has 2 N–H and O–H groups in total. The molecule has 6 heteroatoms. The van der Waals surface area contributed by atoms with Crippen LogP contribution >= 0.6 is 11.3 Å². The Morgan fingerprint density at radius 3 is 3.04 bits per heavy atom. The number of aryl methyl sites for hydroxylation is 1. The summed E-state index contributed by atoms with van der Waals surface area (Å²) in [5, 5.41) is 9.25. The molecular weight excluding hydrogens is 332 g/mol. The summed E-state index contributed by atoms with van der Waals surface area (Å²) in [4.78, 5) is 20.4. The van der Waals surface area contributed by atoms with Crippen molar-refractivity contribution < 1.29 is 4.79 Å². The molecule has 3 heterocycles. The van der Waals surface area contributed by atoms with Crippen molar-refractivity contribution in [1.82, 2.24) is 9.97 Å². The van der Waals surface area contributed by atoms with Crippen molar-refractivity contribution in [3.63, 3.8) is 0 Å². The first-order valence-electron chi connectivity index (χ1n) is 8.30. The van der Waals surface area contributed by atoms with Crippen LogP contribution in [0, 0.1) is 0 Å². The fraction of sp³-hybridized carbons (Fsp3) is 0.211. The minimum atomic E-state index is 0.0910. The zero-order chi connectivity index (χ0) is 17.1. The van der Waals surface area contributed by atoms with Crippen LogP contribution in [0.2, 0.25) is 0 Å². The van der Waals surface area contributed by atoms with E-state index in [9.17, 15) is 4.79 Å². The fourth-order valence-electron chi connectivity index (χ4n) is 2.87. The molecule has 2 aromatic heterocycles. The van der Waals surface area contributed by atoms with Gasteiger partial charge >= 0.3 is 0 Å². The maximum atomic E-state index is 11.5. The Hall–Kier alpha value is -2.73. The number of thiazole rings is 1. The van der Waals surface area contributed by atoms with Crippen LogP contribution in [-0.2, 0) is 17.6 Å². The van der Waals surface area contributed by atoms with Crippen LogP contribution in [-0.4, -0.2) is 22.4 Å². The first-order valence-corrected chi connectivity index (χ1v) is 9.18. The van der Waals surface area contributed by atoms with Gasteiger partial charge < -0.3 is 10.6 Å². The Bertz CT molecular complexity index is 891. The number of aromatic nitrogens is 2. The van der Waals surface area contributed by atoms with Gasteiger partial charge in [-0.3, -0.25) is 9.78 Å². The summed E-state index contributed by atoms with van der Waals surface area (Å²) < 4.78 is 0. The first kappa shape index (κ1) is 15.8. The van der Waals surface area contributed by atoms with Crippen LogP contribution in [0.3, 0.4) is 0 Å². The molecule has 0 radical (unpaired) electrons. The lowest BCUT2D eigenvalue weighted by Gasteiger charge is -2.17. The zero-order valence-corrected chi connectivity index (χ0v) is 14.5. The van der Waals surface area contributed by atoms with Gasteiger partial charge in [0.1, 0.15) is 0 Å². The Morgan fingerprint density at radius 2 is 2.16 bits per heavy atom. The number of hydrogen-bond donors (Lipinski definition) is 2. The van der Waals surface area contributed by atoms with Crippen molar-refractivity contribution >= 4 is 28.1 Å². The van der Waals surface area contributed by atoms with Crippen molar-refractivity contribution in [2.24, 2.45) is 0 Å². The largest absolute Gasteiger partial charge is 0.361 e. The first-order chi connectivity index (χ1) is 12.3. The van der Waals surface area contributed by atoms with E-state index in [0.29, 0.717) is 6.42 Å². The van der Waals surface area contributed by atoms with Crippen molar-refractivity contribution in [2.45, 2.75) is 19.3 Å². The van der Waals surface area contributed by atoms with Gasteiger partial charge in [0.15, 0.2) is 5.13 Å². The molecule has 0 unspecified atom stereocenters. The molecule has 1 aliphatic heterocycles. The quantitative estimate of drug-likeness (QED) is 0.735. The van der Waals surface area contributed by atoms with E-state index >= 15 is 0 Å². The number of nitrogens with one attached hydrogen (secondary N) is 2. The molecule has 0 bridgehead atoms. The molecular formula is C19H18N4OS. The normalized spacial score (nSPS) is 13.2. The van der Waals surface area contributed by atoms with Crippen LogP contribution in [0.4, 0.5) is 10.8 Å². The van der Waals surface area contributed by atoms with Crippen LogP contribution in [0.1, 0.15) is 17.7 Å². The summed E-state index contributed by atoms with van der Waals surface area (Å²) in [5.74, 6) is 0.0910. The number of anilines is 2. The Labute approximate surface area is 150 Å². The topological polar surface area (TPSA) is 66.9 Å². The molecule has 5 nitrogen and oxygen atoms in total. The van der Waals surface area contributed by atoms with Crippen LogP contribution in [0.15, 0.2) is 48.0 Å². The molecule has 4 rings (SSSR count). The van der Waals surface area contributed by atoms with E-state index in [1.54, 1.807) is 11.3 Å². The third-order valence-corrected chi connectivity index (χ3v) is 4.98. The summed E-state index contributed by atoms with van der Waals surface area (Å²) in [5.41, 5.74) is 5.22. The average molecular weight is 350 g/mol. The lowest BCUT2D eigenvalue weighted by molar-refractivity contribution is -0.116. The molecule has 25 heavy (non-hydrogen) atoms. The summed E-state index contributed by atoms with van der Waals surface area (Å²) in [7, 11) is 0. The van der Waals surface area contributed by atoms with Gasteiger partial charge in [0.25, 0.3) is 0 Å². The molecule has 0 spiro atoms. The second kappa shape index (κ2) is 7.03. The highest BCUT2D eigenvalue weighted by molar-refractivity contribution is 7.14. The van der Waals surface area contributed by atoms with Crippen molar-refractivity contribution in [3.8, 4) is 11.3 Å². The third-order valence-electron chi connectivity index (χ3n) is 4.18. The number of fused-ring (bicyclic) bond motifs is 1. The predicted octanol–water partition coefficient (Wildman–Crippen LogP) is 3.74. The van der Waals surface area contributed by atoms with Gasteiger partial charge in [-0.05, 0) is 36.2 Å². The Morgan fingerprint density at radius 1 is 1.20 bits per heavy atom. The van der Waals surface area contributed by atoms with Crippen LogP contribution < -0.4 is 10.6 Å². The Kier molecular flexibility index (Phi) is 4.43. The number of benzene rings is 1. The summed E-state index contributed by atoms with van der Waals surface area (Å²) >= 11 is 1.60. The number of carbonyl (C=O) groups is 1. The van der Waals surface area contributed by atoms with Gasteiger partial charge in [-0.25, -0.2) is 4.98 Å². The van der Waals surface area contributed by atoms with E-state index in [4.69, 9.17) is 0 Å². The highest BCUT2D eigenvalue weighted by Crippen LogP contribution is 2.30. The molecule has 1 amide bonds. The molecule has 0 atom stereocenters. The number of rotatable bonds is 5. The molecule has 126 valence electrons. The third kappa shape index (κ3) is 3.69. The van der Waals surface area contributed by atoms with Gasteiger partial charge in [-0.2, -0.15) is 0 Å². The van der Waals surface area contributed by atoms with Gasteiger partial charge in [0.05, 0.1) is 5.69 Å². The predicted molar refractivity (Wildman–Crippen MR) is 101 cm³/mol. The molecule has 0 saturated carbocycles. The Balaban J connectivity index is 1.42. The second-order valence-electron chi connectivity index (χ2n) is 5.96. The number of pyridine rings is 1. The maximum absolute atomic E-state index is 11.5. The number of amides is 1. The lowest BCUT2D eigenvalue weighted by Crippen LogP contribution is -2.18. The molecule has 0 saturated heterocycles. The molecule has 0 aliphatic carbocycles. The van der Waals surface area contributed by atoms with Gasteiger partial charge in [-0.15, -0.1) is 11.3 Å². The standard InChI is InChI=1S/C19H18N4OS/c24-18-7-5-13-11-14(4-6-16(13)22-18)17-12-25-19(23-17)21-10-8-15-3-1-2-9-20-15/h1-4,6,9,11-12H,5,7-8,10H2,(H,21,23)(H,22,24). The monoisotopic (exact) mass is 350 g/mol. The molecule has 3 aromatic rings. The lowest BCUT2D eigenvalue weighted by atomic mass is 9.99. The minimum Gasteiger partial charge on any atom is -0.361 e. The summed E-state index contributed by atoms with van der Waals surface area (Å²) in [6.07, 6.45) is 4.02. The van der Waals surface area contributed by atoms with E-state index in [-0.39, 0.29) is 5.91 Å². The van der Waals surface area contributed by atoms with Gasteiger partial charge in [-0.1, -0.05) is 12.1 Å². The highest BCUT2D eigenvalue weighted by Gasteiger charge is 2.15. The molecule has 1 aromatic carbocycles. The molecule has 0 fully saturated rings. The van der Waals surface area contributed by atoms with Crippen molar-refractivity contribution in [1.29, 1.82) is 0 Å². The minimum absolute atomic E-state index is 0.0910. The number of hydrogen-bond acceptors (Lipinski definition) is 5. The fourth-order valence-corrected chi connectivity index (χ4v) is 3.62. The molecule has 1 aliphatic rings. The highest BCUT2D eigenvalue weighted by atomic mass is 32.1.